The van der Waals surface area contributed by atoms with Crippen LogP contribution in [-0.4, -0.2) is 41.6 Å². The first-order chi connectivity index (χ1) is 12.6. The highest BCUT2D eigenvalue weighted by atomic mass is 19.1. The van der Waals surface area contributed by atoms with Gasteiger partial charge in [-0.2, -0.15) is 0 Å². The van der Waals surface area contributed by atoms with E-state index in [1.165, 1.54) is 12.1 Å². The van der Waals surface area contributed by atoms with Gasteiger partial charge in [0.2, 0.25) is 0 Å². The van der Waals surface area contributed by atoms with Crippen molar-refractivity contribution in [2.24, 2.45) is 0 Å². The van der Waals surface area contributed by atoms with Gasteiger partial charge < -0.3 is 14.9 Å². The number of aliphatic hydroxyl groups is 1. The molecule has 0 radical (unpaired) electrons. The second-order valence-corrected chi connectivity index (χ2v) is 7.09. The summed E-state index contributed by atoms with van der Waals surface area (Å²) in [6.07, 6.45) is 3.84. The van der Waals surface area contributed by atoms with E-state index in [1.54, 1.807) is 25.3 Å². The Morgan fingerprint density at radius 3 is 2.62 bits per heavy atom. The molecule has 1 heterocycles. The summed E-state index contributed by atoms with van der Waals surface area (Å²) in [6, 6.07) is 12.1. The number of aromatic hydroxyl groups is 1. The third-order valence-electron chi connectivity index (χ3n) is 5.62. The Morgan fingerprint density at radius 2 is 1.92 bits per heavy atom. The van der Waals surface area contributed by atoms with Crippen molar-refractivity contribution >= 4 is 0 Å². The maximum Gasteiger partial charge on any atom is 0.180 e. The van der Waals surface area contributed by atoms with E-state index in [2.05, 4.69) is 0 Å². The summed E-state index contributed by atoms with van der Waals surface area (Å²) in [5, 5.41) is 20.5. The number of ether oxygens (including phenoxy) is 1. The molecule has 5 heteroatoms. The highest BCUT2D eigenvalue weighted by molar-refractivity contribution is 5.46. The predicted octanol–water partition coefficient (Wildman–Crippen LogP) is 3.77. The topological polar surface area (TPSA) is 49.7 Å². The molecule has 0 aromatic heterocycles. The number of para-hydroxylation sites is 1. The largest absolute Gasteiger partial charge is 0.504 e. The Hall–Kier alpha value is -2.11. The van der Waals surface area contributed by atoms with Gasteiger partial charge in [-0.15, -0.1) is 0 Å². The van der Waals surface area contributed by atoms with Crippen LogP contribution in [0.2, 0.25) is 0 Å². The predicted molar refractivity (Wildman–Crippen MR) is 98.4 cm³/mol. The van der Waals surface area contributed by atoms with Gasteiger partial charge in [0, 0.05) is 12.8 Å². The normalized spacial score (nSPS) is 23.0. The summed E-state index contributed by atoms with van der Waals surface area (Å²) >= 11 is 0. The molecule has 2 aromatic carbocycles. The zero-order valence-electron chi connectivity index (χ0n) is 15.2. The second kappa shape index (κ2) is 8.06. The van der Waals surface area contributed by atoms with E-state index < -0.39 is 0 Å². The summed E-state index contributed by atoms with van der Waals surface area (Å²) in [4.78, 5) is 0. The molecular formula is C21H27FNO3+. The molecule has 2 unspecified atom stereocenters. The fourth-order valence-electron chi connectivity index (χ4n) is 4.18. The Balaban J connectivity index is 1.89. The highest BCUT2D eigenvalue weighted by Crippen LogP contribution is 2.44. The summed E-state index contributed by atoms with van der Waals surface area (Å²) < 4.78 is 19.1. The number of rotatable bonds is 6. The van der Waals surface area contributed by atoms with Gasteiger partial charge in [0.05, 0.1) is 25.8 Å². The maximum atomic E-state index is 13.1. The quantitative estimate of drug-likeness (QED) is 0.771. The van der Waals surface area contributed by atoms with Crippen LogP contribution in [0, 0.1) is 5.82 Å². The summed E-state index contributed by atoms with van der Waals surface area (Å²) in [5.41, 5.74) is 2.00. The lowest BCUT2D eigenvalue weighted by Gasteiger charge is -2.46. The SMILES string of the molecule is COc1c(O)cccc1C1CCCC[N+]1(CO)CCc1ccc(F)cc1. The Kier molecular flexibility index (Phi) is 5.79. The number of piperidine rings is 1. The molecule has 0 bridgehead atoms. The lowest BCUT2D eigenvalue weighted by molar-refractivity contribution is -0.977. The summed E-state index contributed by atoms with van der Waals surface area (Å²) in [6.45, 7) is 1.66. The van der Waals surface area contributed by atoms with Crippen LogP contribution in [0.4, 0.5) is 4.39 Å². The Morgan fingerprint density at radius 1 is 1.15 bits per heavy atom. The van der Waals surface area contributed by atoms with Crippen LogP contribution in [0.5, 0.6) is 11.5 Å². The molecule has 4 nitrogen and oxygen atoms in total. The van der Waals surface area contributed by atoms with Crippen molar-refractivity contribution in [1.82, 2.24) is 0 Å². The number of hydrogen-bond acceptors (Lipinski definition) is 3. The Labute approximate surface area is 154 Å². The molecule has 1 fully saturated rings. The molecule has 2 aromatic rings. The zero-order valence-corrected chi connectivity index (χ0v) is 15.2. The van der Waals surface area contributed by atoms with Crippen molar-refractivity contribution in [3.63, 3.8) is 0 Å². The number of methoxy groups -OCH3 is 1. The number of likely N-dealkylation sites (tertiary alicyclic amines) is 1. The number of phenols is 1. The first-order valence-corrected chi connectivity index (χ1v) is 9.16. The van der Waals surface area contributed by atoms with Crippen molar-refractivity contribution in [3.8, 4) is 11.5 Å². The van der Waals surface area contributed by atoms with Crippen molar-refractivity contribution in [2.45, 2.75) is 31.7 Å². The van der Waals surface area contributed by atoms with Crippen molar-refractivity contribution in [2.75, 3.05) is 26.9 Å². The lowest BCUT2D eigenvalue weighted by atomic mass is 9.91. The van der Waals surface area contributed by atoms with Crippen LogP contribution in [0.1, 0.15) is 36.4 Å². The van der Waals surface area contributed by atoms with Crippen LogP contribution in [-0.2, 0) is 6.42 Å². The third kappa shape index (κ3) is 3.69. The van der Waals surface area contributed by atoms with Gasteiger partial charge in [0.25, 0.3) is 0 Å². The van der Waals surface area contributed by atoms with E-state index >= 15 is 0 Å². The zero-order chi connectivity index (χ0) is 18.6. The van der Waals surface area contributed by atoms with Crippen LogP contribution in [0.25, 0.3) is 0 Å². The van der Waals surface area contributed by atoms with Crippen LogP contribution < -0.4 is 4.74 Å². The number of hydrogen-bond donors (Lipinski definition) is 2. The molecule has 2 atom stereocenters. The molecule has 3 rings (SSSR count). The average molecular weight is 360 g/mol. The molecule has 140 valence electrons. The molecule has 0 spiro atoms. The minimum Gasteiger partial charge on any atom is -0.504 e. The van der Waals surface area contributed by atoms with Crippen molar-refractivity contribution in [1.29, 1.82) is 0 Å². The van der Waals surface area contributed by atoms with Gasteiger partial charge in [0.15, 0.2) is 18.2 Å². The molecule has 1 aliphatic rings. The number of aliphatic hydroxyl groups excluding tert-OH is 1. The fourth-order valence-corrected chi connectivity index (χ4v) is 4.18. The second-order valence-electron chi connectivity index (χ2n) is 7.09. The van der Waals surface area contributed by atoms with E-state index in [4.69, 9.17) is 4.74 Å². The molecule has 26 heavy (non-hydrogen) atoms. The minimum atomic E-state index is -0.236. The minimum absolute atomic E-state index is 0.0324. The van der Waals surface area contributed by atoms with Gasteiger partial charge in [0.1, 0.15) is 11.9 Å². The summed E-state index contributed by atoms with van der Waals surface area (Å²) in [5.74, 6) is 0.391. The highest BCUT2D eigenvalue weighted by Gasteiger charge is 2.41. The standard InChI is InChI=1S/C21H26FNO3/c1-26-21-18(5-4-7-20(21)25)19-6-2-3-13-23(19,15-24)14-12-16-8-10-17(22)11-9-16/h4-5,7-11,19,24H,2-3,6,12-15H2,1H3/p+1. The number of halogens is 1. The van der Waals surface area contributed by atoms with E-state index in [0.29, 0.717) is 10.2 Å². The molecule has 0 saturated carbocycles. The van der Waals surface area contributed by atoms with Crippen LogP contribution in [0.15, 0.2) is 42.5 Å². The number of nitrogens with zero attached hydrogens (tertiary/aromatic N) is 1. The molecule has 0 amide bonds. The average Bonchev–Trinajstić information content (AvgIpc) is 2.67. The Bertz CT molecular complexity index is 735. The molecule has 2 N–H and O–H groups in total. The fraction of sp³-hybridized carbons (Fsp3) is 0.429. The number of benzene rings is 2. The van der Waals surface area contributed by atoms with E-state index in [9.17, 15) is 14.6 Å². The van der Waals surface area contributed by atoms with E-state index in [-0.39, 0.29) is 24.3 Å². The van der Waals surface area contributed by atoms with Crippen molar-refractivity contribution < 1.29 is 23.8 Å². The van der Waals surface area contributed by atoms with Gasteiger partial charge in [-0.05, 0) is 42.7 Å². The van der Waals surface area contributed by atoms with Crippen LogP contribution >= 0.6 is 0 Å². The van der Waals surface area contributed by atoms with Gasteiger partial charge >= 0.3 is 0 Å². The van der Waals surface area contributed by atoms with Gasteiger partial charge in [-0.25, -0.2) is 4.39 Å². The van der Waals surface area contributed by atoms with E-state index in [0.717, 1.165) is 49.9 Å². The maximum absolute atomic E-state index is 13.1. The third-order valence-corrected chi connectivity index (χ3v) is 5.62. The first-order valence-electron chi connectivity index (χ1n) is 9.16. The number of quaternary nitrogens is 1. The smallest absolute Gasteiger partial charge is 0.180 e. The van der Waals surface area contributed by atoms with Crippen LogP contribution in [0.3, 0.4) is 0 Å². The molecule has 1 aliphatic heterocycles. The van der Waals surface area contributed by atoms with E-state index in [1.807, 2.05) is 12.1 Å². The van der Waals surface area contributed by atoms with Crippen molar-refractivity contribution in [3.05, 3.63) is 59.4 Å². The van der Waals surface area contributed by atoms with Gasteiger partial charge in [-0.1, -0.05) is 18.2 Å². The molecule has 0 aliphatic carbocycles. The van der Waals surface area contributed by atoms with Gasteiger partial charge in [-0.3, -0.25) is 4.48 Å². The molecule has 1 saturated heterocycles. The first kappa shape index (κ1) is 18.7. The monoisotopic (exact) mass is 360 g/mol. The number of phenolic OH excluding ortho intramolecular Hbond substituents is 1. The lowest BCUT2D eigenvalue weighted by Crippen LogP contribution is -2.55. The summed E-state index contributed by atoms with van der Waals surface area (Å²) in [7, 11) is 1.56. The molecular weight excluding hydrogens is 333 g/mol.